The highest BCUT2D eigenvalue weighted by Gasteiger charge is 2.31. The van der Waals surface area contributed by atoms with E-state index in [1.54, 1.807) is 35.4 Å². The van der Waals surface area contributed by atoms with Crippen LogP contribution in [0.5, 0.6) is 0 Å². The Morgan fingerprint density at radius 1 is 1.14 bits per heavy atom. The molecule has 43 heavy (non-hydrogen) atoms. The van der Waals surface area contributed by atoms with Crippen LogP contribution in [0.3, 0.4) is 0 Å². The van der Waals surface area contributed by atoms with Gasteiger partial charge < -0.3 is 9.80 Å². The maximum atomic E-state index is 16.2. The lowest BCUT2D eigenvalue weighted by atomic mass is 9.97. The number of benzene rings is 1. The van der Waals surface area contributed by atoms with Crippen molar-refractivity contribution in [1.29, 1.82) is 0 Å². The summed E-state index contributed by atoms with van der Waals surface area (Å²) in [6, 6.07) is 9.85. The molecule has 8 nitrogen and oxygen atoms in total. The molecule has 0 N–H and O–H groups in total. The van der Waals surface area contributed by atoms with E-state index in [1.165, 1.54) is 22.8 Å². The molecule has 4 aromatic rings. The second kappa shape index (κ2) is 11.9. The number of amides is 1. The lowest BCUT2D eigenvalue weighted by molar-refractivity contribution is -0.126. The highest BCUT2D eigenvalue weighted by atomic mass is 19.1. The maximum absolute atomic E-state index is 16.2. The minimum Gasteiger partial charge on any atom is -0.350 e. The normalized spacial score (nSPS) is 16.0. The molecule has 0 saturated carbocycles. The summed E-state index contributed by atoms with van der Waals surface area (Å²) in [6.07, 6.45) is 4.34. The summed E-state index contributed by atoms with van der Waals surface area (Å²) in [5.41, 5.74) is 2.59. The third-order valence-corrected chi connectivity index (χ3v) is 7.93. The van der Waals surface area contributed by atoms with Crippen LogP contribution in [0.4, 0.5) is 10.2 Å². The zero-order valence-electron chi connectivity index (χ0n) is 27.1. The number of hydrogen-bond acceptors (Lipinski definition) is 6. The van der Waals surface area contributed by atoms with Gasteiger partial charge in [-0.2, -0.15) is 4.98 Å². The summed E-state index contributed by atoms with van der Waals surface area (Å²) in [6.45, 7) is 14.3. The average Bonchev–Trinajstić information content (AvgIpc) is 3.00. The van der Waals surface area contributed by atoms with Gasteiger partial charge in [-0.25, -0.2) is 18.7 Å². The van der Waals surface area contributed by atoms with Gasteiger partial charge in [0.2, 0.25) is 5.91 Å². The third kappa shape index (κ3) is 5.35. The highest BCUT2D eigenvalue weighted by molar-refractivity contribution is 5.92. The van der Waals surface area contributed by atoms with Gasteiger partial charge >= 0.3 is 5.69 Å². The fraction of sp³-hybridized carbons (Fsp3) is 0.324. The Bertz CT molecular complexity index is 1860. The standard InChI is InChI=1S/C34H37FN6O2/c1-8-23-12-10-11-13-25(23)30-27(35)18-26-32(40-17-16-39(19-22(40)7)28(42)9-2)38-34(43)41(33(26)37-30)31-24(20(3)4)14-15-36-29(31)21(5)6/h8-15,18,20-22H,1-2,16-17,19H2,3-7H3/t22-/m0/s1/i1D2. The van der Waals surface area contributed by atoms with Crippen LogP contribution >= 0.6 is 0 Å². The van der Waals surface area contributed by atoms with Gasteiger partial charge in [0.1, 0.15) is 17.3 Å². The van der Waals surface area contributed by atoms with Gasteiger partial charge in [-0.1, -0.05) is 71.1 Å². The van der Waals surface area contributed by atoms with Gasteiger partial charge in [-0.15, -0.1) is 0 Å². The minimum absolute atomic E-state index is 0.0172. The van der Waals surface area contributed by atoms with Gasteiger partial charge in [-0.3, -0.25) is 9.78 Å². The van der Waals surface area contributed by atoms with E-state index in [2.05, 4.69) is 16.5 Å². The van der Waals surface area contributed by atoms with Crippen molar-refractivity contribution < 1.29 is 11.9 Å². The average molecular weight is 583 g/mol. The molecule has 1 atom stereocenters. The summed E-state index contributed by atoms with van der Waals surface area (Å²) in [5.74, 6) is -0.552. The van der Waals surface area contributed by atoms with Gasteiger partial charge in [-0.05, 0) is 48.1 Å². The van der Waals surface area contributed by atoms with Crippen LogP contribution in [0.15, 0.2) is 66.6 Å². The van der Waals surface area contributed by atoms with E-state index >= 15 is 4.39 Å². The molecule has 0 spiro atoms. The maximum Gasteiger partial charge on any atom is 0.355 e. The predicted molar refractivity (Wildman–Crippen MR) is 170 cm³/mol. The molecule has 3 aromatic heterocycles. The van der Waals surface area contributed by atoms with Gasteiger partial charge in [0.05, 0.1) is 19.5 Å². The van der Waals surface area contributed by atoms with Crippen molar-refractivity contribution >= 4 is 28.8 Å². The number of halogens is 1. The molecule has 0 radical (unpaired) electrons. The minimum atomic E-state index is -0.638. The van der Waals surface area contributed by atoms with Crippen LogP contribution < -0.4 is 10.6 Å². The van der Waals surface area contributed by atoms with Crippen LogP contribution in [0.2, 0.25) is 0 Å². The number of hydrogen-bond donors (Lipinski definition) is 0. The molecule has 0 aliphatic carbocycles. The van der Waals surface area contributed by atoms with Crippen molar-refractivity contribution in [3.05, 3.63) is 94.9 Å². The Kier molecular flexibility index (Phi) is 7.53. The second-order valence-electron chi connectivity index (χ2n) is 11.4. The Hall–Kier alpha value is -4.66. The number of anilines is 1. The van der Waals surface area contributed by atoms with Crippen LogP contribution in [-0.2, 0) is 4.79 Å². The molecule has 1 fully saturated rings. The molecule has 1 aliphatic rings. The van der Waals surface area contributed by atoms with E-state index in [-0.39, 0.29) is 40.9 Å². The Morgan fingerprint density at radius 2 is 1.91 bits per heavy atom. The van der Waals surface area contributed by atoms with E-state index in [9.17, 15) is 9.59 Å². The highest BCUT2D eigenvalue weighted by Crippen LogP contribution is 2.35. The van der Waals surface area contributed by atoms with Gasteiger partial charge in [0.25, 0.3) is 0 Å². The second-order valence-corrected chi connectivity index (χ2v) is 11.4. The number of fused-ring (bicyclic) bond motifs is 1. The van der Waals surface area contributed by atoms with Crippen molar-refractivity contribution in [2.45, 2.75) is 52.5 Å². The zero-order chi connectivity index (χ0) is 32.6. The van der Waals surface area contributed by atoms with Crippen molar-refractivity contribution in [1.82, 2.24) is 24.4 Å². The molecule has 1 aliphatic heterocycles. The monoisotopic (exact) mass is 582 g/mol. The molecule has 0 unspecified atom stereocenters. The number of carbonyl (C=O) groups excluding carboxylic acids is 1. The number of nitrogens with zero attached hydrogens (tertiary/aromatic N) is 6. The Balaban J connectivity index is 1.86. The molecule has 9 heteroatoms. The summed E-state index contributed by atoms with van der Waals surface area (Å²) in [4.78, 5) is 44.2. The molecule has 1 saturated heterocycles. The van der Waals surface area contributed by atoms with Crippen LogP contribution in [0, 0.1) is 5.82 Å². The Labute approximate surface area is 254 Å². The van der Waals surface area contributed by atoms with E-state index in [0.29, 0.717) is 47.5 Å². The topological polar surface area (TPSA) is 84.2 Å². The van der Waals surface area contributed by atoms with E-state index < -0.39 is 18.0 Å². The fourth-order valence-corrected chi connectivity index (χ4v) is 5.77. The lowest BCUT2D eigenvalue weighted by Crippen LogP contribution is -2.54. The van der Waals surface area contributed by atoms with Crippen molar-refractivity contribution in [3.63, 3.8) is 0 Å². The van der Waals surface area contributed by atoms with Crippen LogP contribution in [0.25, 0.3) is 34.1 Å². The first kappa shape index (κ1) is 27.2. The molecular formula is C34H37FN6O2. The number of piperazine rings is 1. The molecule has 0 bridgehead atoms. The first-order valence-electron chi connectivity index (χ1n) is 15.5. The summed E-state index contributed by atoms with van der Waals surface area (Å²) in [7, 11) is 0. The summed E-state index contributed by atoms with van der Waals surface area (Å²) >= 11 is 0. The van der Waals surface area contributed by atoms with E-state index in [0.717, 1.165) is 5.56 Å². The molecule has 1 aromatic carbocycles. The SMILES string of the molecule is [2H]C([2H])=Cc1ccccc1-c1nc2c(cc1F)c(N1CCN(C(=O)C=C)C[C@@H]1C)nc(=O)n2-c1c(C(C)C)ccnc1C(C)C. The van der Waals surface area contributed by atoms with Crippen LogP contribution in [0.1, 0.15) is 66.0 Å². The first-order valence-corrected chi connectivity index (χ1v) is 14.5. The lowest BCUT2D eigenvalue weighted by Gasteiger charge is -2.40. The van der Waals surface area contributed by atoms with Gasteiger partial charge in [0, 0.05) is 37.4 Å². The van der Waals surface area contributed by atoms with E-state index in [4.69, 9.17) is 7.73 Å². The predicted octanol–water partition coefficient (Wildman–Crippen LogP) is 6.09. The molecule has 5 rings (SSSR count). The number of carbonyl (C=O) groups is 1. The quantitative estimate of drug-likeness (QED) is 0.245. The first-order chi connectivity index (χ1) is 21.4. The van der Waals surface area contributed by atoms with Crippen molar-refractivity contribution in [2.24, 2.45) is 0 Å². The van der Waals surface area contributed by atoms with Gasteiger partial charge in [0.15, 0.2) is 5.65 Å². The third-order valence-electron chi connectivity index (χ3n) is 7.93. The number of pyridine rings is 2. The molecule has 222 valence electrons. The molecule has 1 amide bonds. The molecular weight excluding hydrogens is 543 g/mol. The van der Waals surface area contributed by atoms with Crippen molar-refractivity contribution in [2.75, 3.05) is 24.5 Å². The number of aromatic nitrogens is 4. The number of rotatable bonds is 7. The smallest absolute Gasteiger partial charge is 0.350 e. The largest absolute Gasteiger partial charge is 0.355 e. The fourth-order valence-electron chi connectivity index (χ4n) is 5.77. The molecule has 4 heterocycles. The van der Waals surface area contributed by atoms with E-state index in [1.807, 2.05) is 45.6 Å². The van der Waals surface area contributed by atoms with Crippen molar-refractivity contribution in [3.8, 4) is 16.9 Å². The Morgan fingerprint density at radius 3 is 2.58 bits per heavy atom. The summed E-state index contributed by atoms with van der Waals surface area (Å²) in [5, 5.41) is 0.342. The zero-order valence-corrected chi connectivity index (χ0v) is 25.1. The van der Waals surface area contributed by atoms with Crippen LogP contribution in [-0.4, -0.2) is 56.0 Å². The summed E-state index contributed by atoms with van der Waals surface area (Å²) < 4.78 is 33.1.